The summed E-state index contributed by atoms with van der Waals surface area (Å²) in [5, 5.41) is 0. The Morgan fingerprint density at radius 3 is 2.44 bits per heavy atom. The van der Waals surface area contributed by atoms with Gasteiger partial charge in [0.15, 0.2) is 5.94 Å². The van der Waals surface area contributed by atoms with Crippen LogP contribution in [0.4, 0.5) is 0 Å². The lowest BCUT2D eigenvalue weighted by atomic mass is 10.3. The van der Waals surface area contributed by atoms with E-state index >= 15 is 0 Å². The van der Waals surface area contributed by atoms with E-state index in [1.54, 1.807) is 18.2 Å². The molecule has 0 atom stereocenters. The van der Waals surface area contributed by atoms with Crippen molar-refractivity contribution >= 4 is 15.8 Å². The molecule has 0 fully saturated rings. The molecule has 98 valence electrons. The van der Waals surface area contributed by atoms with Crippen molar-refractivity contribution in [1.82, 2.24) is 0 Å². The van der Waals surface area contributed by atoms with Crippen LogP contribution in [0.25, 0.3) is 0 Å². The van der Waals surface area contributed by atoms with Gasteiger partial charge in [-0.3, -0.25) is 0 Å². The minimum atomic E-state index is -3.50. The smallest absolute Gasteiger partial charge is 0.335 e. The van der Waals surface area contributed by atoms with Gasteiger partial charge in [-0.2, -0.15) is 0 Å². The summed E-state index contributed by atoms with van der Waals surface area (Å²) < 4.78 is 32.9. The second-order valence-corrected chi connectivity index (χ2v) is 5.43. The van der Waals surface area contributed by atoms with Crippen molar-refractivity contribution in [2.45, 2.75) is 4.90 Å². The average molecular weight is 270 g/mol. The number of benzene rings is 1. The van der Waals surface area contributed by atoms with Crippen LogP contribution in [0.3, 0.4) is 0 Å². The predicted octanol–water partition coefficient (Wildman–Crippen LogP) is 1.16. The molecule has 1 aromatic rings. The first-order valence-electron chi connectivity index (χ1n) is 5.09. The van der Waals surface area contributed by atoms with E-state index in [-0.39, 0.29) is 17.1 Å². The number of hydrogen-bond acceptors (Lipinski definition) is 5. The molecule has 0 aliphatic carbocycles. The van der Waals surface area contributed by atoms with Crippen molar-refractivity contribution in [3.8, 4) is 0 Å². The van der Waals surface area contributed by atoms with Gasteiger partial charge in [-0.05, 0) is 12.1 Å². The van der Waals surface area contributed by atoms with Crippen LogP contribution in [0, 0.1) is 0 Å². The quantitative estimate of drug-likeness (QED) is 0.573. The van der Waals surface area contributed by atoms with E-state index in [0.717, 1.165) is 0 Å². The lowest BCUT2D eigenvalue weighted by Crippen LogP contribution is -2.15. The summed E-state index contributed by atoms with van der Waals surface area (Å²) in [6, 6.07) is 7.93. The van der Waals surface area contributed by atoms with E-state index in [1.807, 2.05) is 0 Å². The normalized spacial score (nSPS) is 10.9. The fraction of sp³-hybridized carbons (Fsp3) is 0.250. The van der Waals surface area contributed by atoms with Gasteiger partial charge < -0.3 is 9.47 Å². The third-order valence-electron chi connectivity index (χ3n) is 2.09. The summed E-state index contributed by atoms with van der Waals surface area (Å²) in [6.07, 6.45) is 0. The minimum Gasteiger partial charge on any atom is -0.466 e. The summed E-state index contributed by atoms with van der Waals surface area (Å²) in [7, 11) is -2.29. The first-order valence-corrected chi connectivity index (χ1v) is 6.74. The zero-order valence-electron chi connectivity index (χ0n) is 9.96. The van der Waals surface area contributed by atoms with Gasteiger partial charge in [0, 0.05) is 0 Å². The van der Waals surface area contributed by atoms with E-state index in [9.17, 15) is 13.2 Å². The zero-order chi connectivity index (χ0) is 13.6. The Bertz CT molecular complexity index is 519. The molecule has 0 spiro atoms. The molecule has 0 radical (unpaired) electrons. The molecule has 0 aliphatic rings. The molecule has 0 N–H and O–H groups in total. The van der Waals surface area contributed by atoms with Gasteiger partial charge in [-0.1, -0.05) is 24.8 Å². The molecule has 5 nitrogen and oxygen atoms in total. The monoisotopic (exact) mass is 270 g/mol. The van der Waals surface area contributed by atoms with Crippen LogP contribution < -0.4 is 0 Å². The van der Waals surface area contributed by atoms with Gasteiger partial charge in [0.2, 0.25) is 9.84 Å². The molecular formula is C12H14O5S. The molecule has 0 heterocycles. The first kappa shape index (κ1) is 14.4. The summed E-state index contributed by atoms with van der Waals surface area (Å²) in [5.41, 5.74) is 0.0701. The molecular weight excluding hydrogens is 256 g/mol. The van der Waals surface area contributed by atoms with Crippen LogP contribution in [0.15, 0.2) is 47.4 Å². The number of carbonyl (C=O) groups excluding carboxylic acids is 1. The largest absolute Gasteiger partial charge is 0.466 e. The van der Waals surface area contributed by atoms with Gasteiger partial charge in [-0.25, -0.2) is 13.2 Å². The second kappa shape index (κ2) is 6.32. The van der Waals surface area contributed by atoms with E-state index in [2.05, 4.69) is 11.3 Å². The lowest BCUT2D eigenvalue weighted by Gasteiger charge is -2.06. The van der Waals surface area contributed by atoms with Crippen molar-refractivity contribution in [2.24, 2.45) is 0 Å². The standard InChI is InChI=1S/C12H14O5S/c1-10(12(13)16-2)8-17-9-18(14,15)11-6-4-3-5-7-11/h3-7H,1,8-9H2,2H3. The second-order valence-electron chi connectivity index (χ2n) is 3.49. The minimum absolute atomic E-state index is 0.0701. The molecule has 0 bridgehead atoms. The number of esters is 1. The van der Waals surface area contributed by atoms with E-state index in [0.29, 0.717) is 0 Å². The average Bonchev–Trinajstić information content (AvgIpc) is 2.38. The fourth-order valence-corrected chi connectivity index (χ4v) is 2.18. The van der Waals surface area contributed by atoms with Crippen LogP contribution >= 0.6 is 0 Å². The van der Waals surface area contributed by atoms with Gasteiger partial charge in [-0.15, -0.1) is 0 Å². The topological polar surface area (TPSA) is 69.7 Å². The molecule has 0 aromatic heterocycles. The Morgan fingerprint density at radius 2 is 1.89 bits per heavy atom. The molecule has 0 aliphatic heterocycles. The molecule has 0 amide bonds. The van der Waals surface area contributed by atoms with E-state index in [4.69, 9.17) is 4.74 Å². The highest BCUT2D eigenvalue weighted by molar-refractivity contribution is 7.91. The third kappa shape index (κ3) is 3.97. The summed E-state index contributed by atoms with van der Waals surface area (Å²) in [6.45, 7) is 3.24. The Labute approximate surface area is 106 Å². The van der Waals surface area contributed by atoms with Crippen molar-refractivity contribution in [1.29, 1.82) is 0 Å². The van der Waals surface area contributed by atoms with Crippen LogP contribution in [0.5, 0.6) is 0 Å². The van der Waals surface area contributed by atoms with E-state index < -0.39 is 21.7 Å². The lowest BCUT2D eigenvalue weighted by molar-refractivity contribution is -0.136. The maximum atomic E-state index is 11.8. The molecule has 1 aromatic carbocycles. The Balaban J connectivity index is 2.54. The number of carbonyl (C=O) groups is 1. The molecule has 6 heteroatoms. The zero-order valence-corrected chi connectivity index (χ0v) is 10.8. The maximum absolute atomic E-state index is 11.8. The first-order chi connectivity index (χ1) is 8.47. The maximum Gasteiger partial charge on any atom is 0.335 e. The summed E-state index contributed by atoms with van der Waals surface area (Å²) in [5.74, 6) is -1.13. The molecule has 1 rings (SSSR count). The predicted molar refractivity (Wildman–Crippen MR) is 65.6 cm³/mol. The van der Waals surface area contributed by atoms with Gasteiger partial charge >= 0.3 is 5.97 Å². The Kier molecular flexibility index (Phi) is 5.06. The van der Waals surface area contributed by atoms with Gasteiger partial charge in [0.05, 0.1) is 24.2 Å². The fourth-order valence-electron chi connectivity index (χ4n) is 1.17. The van der Waals surface area contributed by atoms with Crippen LogP contribution in [0.2, 0.25) is 0 Å². The van der Waals surface area contributed by atoms with Crippen molar-refractivity contribution in [2.75, 3.05) is 19.7 Å². The number of methoxy groups -OCH3 is 1. The SMILES string of the molecule is C=C(COCS(=O)(=O)c1ccccc1)C(=O)OC. The number of sulfone groups is 1. The van der Waals surface area contributed by atoms with Crippen LogP contribution in [-0.4, -0.2) is 34.0 Å². The number of hydrogen-bond donors (Lipinski definition) is 0. The highest BCUT2D eigenvalue weighted by Crippen LogP contribution is 2.10. The summed E-state index contributed by atoms with van der Waals surface area (Å²) in [4.78, 5) is 11.2. The molecule has 0 saturated heterocycles. The highest BCUT2D eigenvalue weighted by atomic mass is 32.2. The van der Waals surface area contributed by atoms with Crippen molar-refractivity contribution in [3.05, 3.63) is 42.5 Å². The highest BCUT2D eigenvalue weighted by Gasteiger charge is 2.15. The van der Waals surface area contributed by atoms with Crippen molar-refractivity contribution in [3.63, 3.8) is 0 Å². The number of ether oxygens (including phenoxy) is 2. The Morgan fingerprint density at radius 1 is 1.28 bits per heavy atom. The van der Waals surface area contributed by atoms with Crippen LogP contribution in [-0.2, 0) is 24.1 Å². The van der Waals surface area contributed by atoms with E-state index in [1.165, 1.54) is 19.2 Å². The Hall–Kier alpha value is -1.66. The number of rotatable bonds is 6. The molecule has 0 saturated carbocycles. The third-order valence-corrected chi connectivity index (χ3v) is 3.56. The molecule has 18 heavy (non-hydrogen) atoms. The van der Waals surface area contributed by atoms with Crippen LogP contribution in [0.1, 0.15) is 0 Å². The van der Waals surface area contributed by atoms with Crippen molar-refractivity contribution < 1.29 is 22.7 Å². The summed E-state index contributed by atoms with van der Waals surface area (Å²) >= 11 is 0. The molecule has 0 unspecified atom stereocenters. The van der Waals surface area contributed by atoms with Gasteiger partial charge in [0.25, 0.3) is 0 Å². The van der Waals surface area contributed by atoms with Gasteiger partial charge in [0.1, 0.15) is 0 Å².